The third kappa shape index (κ3) is 4.62. The molecule has 5 heterocycles. The topological polar surface area (TPSA) is 84.8 Å². The van der Waals surface area contributed by atoms with Crippen LogP contribution in [0.5, 0.6) is 0 Å². The van der Waals surface area contributed by atoms with Gasteiger partial charge in [0.1, 0.15) is 17.2 Å². The van der Waals surface area contributed by atoms with E-state index in [2.05, 4.69) is 4.90 Å². The second kappa shape index (κ2) is 10.8. The maximum absolute atomic E-state index is 13.9. The molecule has 2 aliphatic rings. The predicted molar refractivity (Wildman–Crippen MR) is 168 cm³/mol. The van der Waals surface area contributed by atoms with E-state index in [1.54, 1.807) is 30.9 Å². The molecule has 0 atom stereocenters. The molecule has 0 N–H and O–H groups in total. The van der Waals surface area contributed by atoms with Crippen LogP contribution in [-0.2, 0) is 11.8 Å². The van der Waals surface area contributed by atoms with Gasteiger partial charge in [-0.1, -0.05) is 61.1 Å². The molecule has 0 bridgehead atoms. The first-order chi connectivity index (χ1) is 19.8. The van der Waals surface area contributed by atoms with Crippen molar-refractivity contribution in [2.45, 2.75) is 39.5 Å². The average molecular weight is 587 g/mol. The number of aromatic nitrogens is 4. The van der Waals surface area contributed by atoms with Gasteiger partial charge >= 0.3 is 0 Å². The Morgan fingerprint density at radius 1 is 0.927 bits per heavy atom. The van der Waals surface area contributed by atoms with Crippen molar-refractivity contribution in [2.75, 3.05) is 22.9 Å². The van der Waals surface area contributed by atoms with E-state index in [1.807, 2.05) is 49.4 Å². The van der Waals surface area contributed by atoms with E-state index in [9.17, 15) is 14.4 Å². The number of rotatable bonds is 4. The lowest BCUT2D eigenvalue weighted by Crippen LogP contribution is -2.33. The van der Waals surface area contributed by atoms with Gasteiger partial charge in [-0.25, -0.2) is 9.67 Å². The average Bonchev–Trinajstić information content (AvgIpc) is 3.20. The summed E-state index contributed by atoms with van der Waals surface area (Å²) < 4.78 is 5.01. The second-order valence-electron chi connectivity index (χ2n) is 10.4. The number of carbonyl (C=O) groups is 1. The molecule has 0 radical (unpaired) electrons. The number of carbonyl (C=O) groups excluding carboxylic acids is 1. The summed E-state index contributed by atoms with van der Waals surface area (Å²) in [6.45, 7) is 5.30. The summed E-state index contributed by atoms with van der Waals surface area (Å²) in [6, 6.07) is 13.0. The number of aryl methyl sites for hydroxylation is 1. The van der Waals surface area contributed by atoms with E-state index >= 15 is 0 Å². The summed E-state index contributed by atoms with van der Waals surface area (Å²) in [5.41, 5.74) is 2.75. The van der Waals surface area contributed by atoms with Crippen molar-refractivity contribution in [3.8, 4) is 5.69 Å². The van der Waals surface area contributed by atoms with Crippen LogP contribution in [0.25, 0.3) is 17.4 Å². The molecule has 0 aliphatic carbocycles. The van der Waals surface area contributed by atoms with E-state index in [4.69, 9.17) is 17.2 Å². The summed E-state index contributed by atoms with van der Waals surface area (Å²) in [7, 11) is 1.78. The number of benzene rings is 1. The monoisotopic (exact) mass is 586 g/mol. The largest absolute Gasteiger partial charge is 0.356 e. The molecule has 1 amide bonds. The van der Waals surface area contributed by atoms with Crippen molar-refractivity contribution in [2.24, 2.45) is 7.05 Å². The maximum atomic E-state index is 13.9. The molecule has 2 saturated heterocycles. The lowest BCUT2D eigenvalue weighted by atomic mass is 10.2. The summed E-state index contributed by atoms with van der Waals surface area (Å²) in [5, 5.41) is 0. The third-order valence-electron chi connectivity index (χ3n) is 7.79. The molecule has 4 aromatic rings. The number of thiocarbonyl (C=S) groups is 1. The molecule has 11 heteroatoms. The number of para-hydroxylation sites is 1. The fraction of sp³-hybridized carbons (Fsp3) is 0.300. The summed E-state index contributed by atoms with van der Waals surface area (Å²) in [6.07, 6.45) is 7.60. The highest BCUT2D eigenvalue weighted by Gasteiger charge is 2.38. The Balaban J connectivity index is 1.48. The van der Waals surface area contributed by atoms with Crippen LogP contribution in [-0.4, -0.2) is 42.1 Å². The van der Waals surface area contributed by atoms with E-state index < -0.39 is 5.91 Å². The number of nitrogens with zero attached hydrogens (tertiary/aromatic N) is 6. The van der Waals surface area contributed by atoms with Gasteiger partial charge in [0, 0.05) is 26.3 Å². The van der Waals surface area contributed by atoms with Gasteiger partial charge < -0.3 is 4.90 Å². The Labute approximate surface area is 246 Å². The van der Waals surface area contributed by atoms with Crippen molar-refractivity contribution in [1.82, 2.24) is 18.7 Å². The van der Waals surface area contributed by atoms with Crippen LogP contribution in [0.1, 0.15) is 42.5 Å². The van der Waals surface area contributed by atoms with Crippen molar-refractivity contribution in [1.29, 1.82) is 0 Å². The minimum absolute atomic E-state index is 0.207. The van der Waals surface area contributed by atoms with Crippen molar-refractivity contribution in [3.63, 3.8) is 0 Å². The van der Waals surface area contributed by atoms with Crippen LogP contribution in [0.4, 0.5) is 11.5 Å². The first kappa shape index (κ1) is 27.2. The fourth-order valence-electron chi connectivity index (χ4n) is 5.55. The van der Waals surface area contributed by atoms with Gasteiger partial charge in [0.05, 0.1) is 21.8 Å². The molecular formula is C30H30N6O3S2. The predicted octanol–water partition coefficient (Wildman–Crippen LogP) is 4.59. The molecular weight excluding hydrogens is 557 g/mol. The Bertz CT molecular complexity index is 1850. The van der Waals surface area contributed by atoms with Gasteiger partial charge in [-0.15, -0.1) is 0 Å². The highest BCUT2D eigenvalue weighted by Crippen LogP contribution is 2.37. The van der Waals surface area contributed by atoms with Crippen LogP contribution in [0.15, 0.2) is 63.2 Å². The van der Waals surface area contributed by atoms with E-state index in [-0.39, 0.29) is 26.0 Å². The summed E-state index contributed by atoms with van der Waals surface area (Å²) in [5.74, 6) is 0.153. The molecule has 0 saturated carbocycles. The van der Waals surface area contributed by atoms with Gasteiger partial charge in [0.2, 0.25) is 0 Å². The molecule has 6 rings (SSSR count). The van der Waals surface area contributed by atoms with Crippen LogP contribution in [0, 0.1) is 13.8 Å². The normalized spacial score (nSPS) is 17.2. The molecule has 210 valence electrons. The Morgan fingerprint density at radius 3 is 2.34 bits per heavy atom. The fourth-order valence-corrected chi connectivity index (χ4v) is 6.81. The molecule has 0 unspecified atom stereocenters. The SMILES string of the molecule is Cc1cccn2c(=O)c(C=C3SC(=S)N(c4c(C)n(C)n(-c5ccccc5)c4=O)C3=O)c(N3CCCCCC3)nc12. The first-order valence-corrected chi connectivity index (χ1v) is 14.9. The molecule has 2 aliphatic heterocycles. The third-order valence-corrected chi connectivity index (χ3v) is 9.09. The zero-order valence-corrected chi connectivity index (χ0v) is 24.8. The van der Waals surface area contributed by atoms with Gasteiger partial charge in [-0.3, -0.25) is 28.4 Å². The smallest absolute Gasteiger partial charge is 0.296 e. The van der Waals surface area contributed by atoms with Crippen LogP contribution >= 0.6 is 24.0 Å². The van der Waals surface area contributed by atoms with Gasteiger partial charge in [-0.2, -0.15) is 0 Å². The quantitative estimate of drug-likeness (QED) is 0.256. The van der Waals surface area contributed by atoms with E-state index in [0.29, 0.717) is 28.4 Å². The zero-order chi connectivity index (χ0) is 28.8. The maximum Gasteiger partial charge on any atom is 0.296 e. The summed E-state index contributed by atoms with van der Waals surface area (Å²) in [4.78, 5) is 50.2. The van der Waals surface area contributed by atoms with E-state index in [1.165, 1.54) is 14.0 Å². The Morgan fingerprint density at radius 2 is 1.63 bits per heavy atom. The standard InChI is InChI=1S/C30H30N6O3S2/c1-19-12-11-17-34-25(19)31-26(33-15-9-4-5-10-16-33)22(27(34)37)18-23-28(38)35(30(40)41-23)24-20(2)32(3)36(29(24)39)21-13-7-6-8-14-21/h6-8,11-14,17-18H,4-5,9-10,15-16H2,1-3H3. The minimum Gasteiger partial charge on any atom is -0.356 e. The van der Waals surface area contributed by atoms with Crippen molar-refractivity contribution >= 4 is 57.4 Å². The van der Waals surface area contributed by atoms with Crippen LogP contribution in [0.3, 0.4) is 0 Å². The van der Waals surface area contributed by atoms with Crippen LogP contribution in [0.2, 0.25) is 0 Å². The number of thioether (sulfide) groups is 1. The van der Waals surface area contributed by atoms with E-state index in [0.717, 1.165) is 56.1 Å². The number of fused-ring (bicyclic) bond motifs is 1. The molecule has 9 nitrogen and oxygen atoms in total. The molecule has 1 aromatic carbocycles. The van der Waals surface area contributed by atoms with Gasteiger partial charge in [-0.05, 0) is 56.5 Å². The highest BCUT2D eigenvalue weighted by atomic mass is 32.2. The van der Waals surface area contributed by atoms with Crippen LogP contribution < -0.4 is 20.9 Å². The highest BCUT2D eigenvalue weighted by molar-refractivity contribution is 8.27. The molecule has 2 fully saturated rings. The number of hydrogen-bond acceptors (Lipinski definition) is 7. The van der Waals surface area contributed by atoms with Gasteiger partial charge in [0.25, 0.3) is 17.0 Å². The minimum atomic E-state index is -0.429. The molecule has 0 spiro atoms. The summed E-state index contributed by atoms with van der Waals surface area (Å²) >= 11 is 6.74. The second-order valence-corrected chi connectivity index (χ2v) is 12.0. The molecule has 3 aromatic heterocycles. The number of anilines is 2. The van der Waals surface area contributed by atoms with Gasteiger partial charge in [0.15, 0.2) is 4.32 Å². The number of hydrogen-bond donors (Lipinski definition) is 0. The lowest BCUT2D eigenvalue weighted by molar-refractivity contribution is -0.113. The number of amides is 1. The van der Waals surface area contributed by atoms with Crippen molar-refractivity contribution in [3.05, 3.63) is 91.1 Å². The first-order valence-electron chi connectivity index (χ1n) is 13.7. The Kier molecular flexibility index (Phi) is 7.16. The number of pyridine rings is 1. The molecule has 41 heavy (non-hydrogen) atoms. The van der Waals surface area contributed by atoms with Crippen molar-refractivity contribution < 1.29 is 4.79 Å². The lowest BCUT2D eigenvalue weighted by Gasteiger charge is -2.24. The zero-order valence-electron chi connectivity index (χ0n) is 23.2. The Hall–Kier alpha value is -3.96.